The van der Waals surface area contributed by atoms with Crippen LogP contribution in [0.4, 0.5) is 0 Å². The second-order valence-corrected chi connectivity index (χ2v) is 8.07. The molecule has 8 heteroatoms. The molecule has 2 aliphatic rings. The van der Waals surface area contributed by atoms with Crippen LogP contribution in [0.1, 0.15) is 58.4 Å². The predicted octanol–water partition coefficient (Wildman–Crippen LogP) is 3.14. The van der Waals surface area contributed by atoms with Gasteiger partial charge in [0.2, 0.25) is 5.91 Å². The number of imidazole rings is 1. The number of nitrogens with one attached hydrogen (secondary N) is 1. The van der Waals surface area contributed by atoms with E-state index in [4.69, 9.17) is 4.99 Å². The maximum absolute atomic E-state index is 12.1. The highest BCUT2D eigenvalue weighted by atomic mass is 127. The van der Waals surface area contributed by atoms with Crippen LogP contribution in [0.5, 0.6) is 0 Å². The summed E-state index contributed by atoms with van der Waals surface area (Å²) in [5.41, 5.74) is 0. The largest absolute Gasteiger partial charge is 0.357 e. The molecule has 1 amide bonds. The molecule has 29 heavy (non-hydrogen) atoms. The second kappa shape index (κ2) is 12.4. The van der Waals surface area contributed by atoms with Gasteiger partial charge in [-0.25, -0.2) is 4.98 Å². The van der Waals surface area contributed by atoms with Gasteiger partial charge < -0.3 is 19.7 Å². The monoisotopic (exact) mass is 516 g/mol. The number of halogens is 1. The van der Waals surface area contributed by atoms with Gasteiger partial charge in [0.05, 0.1) is 12.4 Å². The van der Waals surface area contributed by atoms with Gasteiger partial charge in [-0.15, -0.1) is 24.0 Å². The number of nitrogens with zero attached hydrogens (tertiary/aromatic N) is 5. The van der Waals surface area contributed by atoms with Gasteiger partial charge in [-0.1, -0.05) is 13.3 Å². The number of piperidine rings is 1. The predicted molar refractivity (Wildman–Crippen MR) is 128 cm³/mol. The van der Waals surface area contributed by atoms with Crippen molar-refractivity contribution in [3.63, 3.8) is 0 Å². The van der Waals surface area contributed by atoms with Crippen LogP contribution in [0.3, 0.4) is 0 Å². The first kappa shape index (κ1) is 24.0. The highest BCUT2D eigenvalue weighted by Gasteiger charge is 2.28. The highest BCUT2D eigenvalue weighted by Crippen LogP contribution is 2.27. The maximum Gasteiger partial charge on any atom is 0.222 e. The molecule has 0 aliphatic carbocycles. The quantitative estimate of drug-likeness (QED) is 0.273. The number of guanidine groups is 1. The average Bonchev–Trinajstić information content (AvgIpc) is 3.15. The molecule has 164 valence electrons. The zero-order valence-electron chi connectivity index (χ0n) is 17.9. The molecule has 1 N–H and O–H groups in total. The third kappa shape index (κ3) is 6.86. The number of rotatable bonds is 6. The lowest BCUT2D eigenvalue weighted by atomic mass is 9.93. The minimum Gasteiger partial charge on any atom is -0.357 e. The summed E-state index contributed by atoms with van der Waals surface area (Å²) in [5, 5.41) is 3.46. The summed E-state index contributed by atoms with van der Waals surface area (Å²) in [4.78, 5) is 25.7. The Bertz CT molecular complexity index is 635. The maximum atomic E-state index is 12.1. The van der Waals surface area contributed by atoms with E-state index in [9.17, 15) is 4.79 Å². The first-order valence-electron chi connectivity index (χ1n) is 11.0. The summed E-state index contributed by atoms with van der Waals surface area (Å²) < 4.78 is 2.23. The van der Waals surface area contributed by atoms with E-state index in [0.29, 0.717) is 24.3 Å². The fraction of sp³-hybridized carbons (Fsp3) is 0.762. The van der Waals surface area contributed by atoms with E-state index in [1.54, 1.807) is 0 Å². The molecule has 1 aromatic rings. The third-order valence-electron chi connectivity index (χ3n) is 5.98. The van der Waals surface area contributed by atoms with Crippen LogP contribution in [-0.2, 0) is 4.79 Å². The highest BCUT2D eigenvalue weighted by molar-refractivity contribution is 14.0. The van der Waals surface area contributed by atoms with Gasteiger partial charge in [0.25, 0.3) is 0 Å². The molecule has 1 aromatic heterocycles. The Labute approximate surface area is 192 Å². The summed E-state index contributed by atoms with van der Waals surface area (Å²) in [7, 11) is 0. The van der Waals surface area contributed by atoms with Crippen molar-refractivity contribution >= 4 is 35.8 Å². The lowest BCUT2D eigenvalue weighted by molar-refractivity contribution is -0.130. The summed E-state index contributed by atoms with van der Waals surface area (Å²) in [6.07, 6.45) is 12.0. The van der Waals surface area contributed by atoms with Crippen LogP contribution in [-0.4, -0.2) is 70.5 Å². The number of likely N-dealkylation sites (tertiary alicyclic amines) is 2. The molecule has 2 unspecified atom stereocenters. The smallest absolute Gasteiger partial charge is 0.222 e. The van der Waals surface area contributed by atoms with Crippen LogP contribution < -0.4 is 5.32 Å². The lowest BCUT2D eigenvalue weighted by Crippen LogP contribution is -2.49. The number of carbonyl (C=O) groups excluding carboxylic acids is 1. The zero-order chi connectivity index (χ0) is 19.8. The van der Waals surface area contributed by atoms with Crippen molar-refractivity contribution in [3.05, 3.63) is 18.7 Å². The Hall–Kier alpha value is -1.32. The van der Waals surface area contributed by atoms with E-state index < -0.39 is 0 Å². The average molecular weight is 516 g/mol. The third-order valence-corrected chi connectivity index (χ3v) is 5.98. The van der Waals surface area contributed by atoms with Crippen LogP contribution in [0.15, 0.2) is 23.7 Å². The Morgan fingerprint density at radius 3 is 2.93 bits per heavy atom. The summed E-state index contributed by atoms with van der Waals surface area (Å²) in [6.45, 7) is 9.79. The van der Waals surface area contributed by atoms with E-state index >= 15 is 0 Å². The molecule has 2 atom stereocenters. The van der Waals surface area contributed by atoms with Crippen molar-refractivity contribution in [2.75, 3.05) is 39.3 Å². The van der Waals surface area contributed by atoms with Gasteiger partial charge in [-0.3, -0.25) is 9.79 Å². The molecule has 0 aromatic carbocycles. The second-order valence-electron chi connectivity index (χ2n) is 8.07. The van der Waals surface area contributed by atoms with E-state index in [1.165, 1.54) is 6.42 Å². The van der Waals surface area contributed by atoms with Crippen molar-refractivity contribution in [2.24, 2.45) is 10.9 Å². The SMILES string of the molecule is CCNC(=NCCCN1CCCCCC1=O)N1CCC(C)C(n2ccnc2)C1.I. The molecule has 0 bridgehead atoms. The molecule has 2 fully saturated rings. The molecule has 0 radical (unpaired) electrons. The molecule has 7 nitrogen and oxygen atoms in total. The topological polar surface area (TPSA) is 65.8 Å². The number of hydrogen-bond acceptors (Lipinski definition) is 3. The van der Waals surface area contributed by atoms with Gasteiger partial charge >= 0.3 is 0 Å². The van der Waals surface area contributed by atoms with E-state index in [0.717, 1.165) is 70.9 Å². The zero-order valence-corrected chi connectivity index (χ0v) is 20.3. The molecule has 0 spiro atoms. The Morgan fingerprint density at radius 2 is 2.17 bits per heavy atom. The fourth-order valence-electron chi connectivity index (χ4n) is 4.24. The van der Waals surface area contributed by atoms with E-state index in [1.807, 2.05) is 17.4 Å². The first-order valence-corrected chi connectivity index (χ1v) is 11.0. The van der Waals surface area contributed by atoms with Crippen molar-refractivity contribution in [2.45, 2.75) is 58.4 Å². The van der Waals surface area contributed by atoms with E-state index in [-0.39, 0.29) is 24.0 Å². The normalized spacial score (nSPS) is 23.5. The van der Waals surface area contributed by atoms with E-state index in [2.05, 4.69) is 39.8 Å². The molecular formula is C21H37IN6O. The van der Waals surface area contributed by atoms with Gasteiger partial charge in [0.1, 0.15) is 0 Å². The van der Waals surface area contributed by atoms with Crippen LogP contribution in [0.25, 0.3) is 0 Å². The Kier molecular flexibility index (Phi) is 10.2. The van der Waals surface area contributed by atoms with Gasteiger partial charge in [0, 0.05) is 58.1 Å². The molecule has 2 aliphatic heterocycles. The van der Waals surface area contributed by atoms with Crippen LogP contribution in [0, 0.1) is 5.92 Å². The molecule has 0 saturated carbocycles. The number of aromatic nitrogens is 2. The number of hydrogen-bond donors (Lipinski definition) is 1. The van der Waals surface area contributed by atoms with Crippen LogP contribution >= 0.6 is 24.0 Å². The van der Waals surface area contributed by atoms with Crippen LogP contribution in [0.2, 0.25) is 0 Å². The van der Waals surface area contributed by atoms with Crippen molar-refractivity contribution < 1.29 is 4.79 Å². The fourth-order valence-corrected chi connectivity index (χ4v) is 4.24. The lowest BCUT2D eigenvalue weighted by Gasteiger charge is -2.39. The number of aliphatic imine (C=N–C) groups is 1. The minimum atomic E-state index is 0. The number of amides is 1. The number of carbonyl (C=O) groups is 1. The standard InChI is InChI=1S/C21H36N6O.HI/c1-3-23-21(24-10-7-13-25-12-6-4-5-8-20(25)28)26-14-9-18(2)19(16-26)27-15-11-22-17-27;/h11,15,17-19H,3-10,12-14,16H2,1-2H3,(H,23,24);1H. The first-order chi connectivity index (χ1) is 13.7. The summed E-state index contributed by atoms with van der Waals surface area (Å²) in [6, 6.07) is 0.426. The Morgan fingerprint density at radius 1 is 1.31 bits per heavy atom. The molecular weight excluding hydrogens is 479 g/mol. The van der Waals surface area contributed by atoms with Gasteiger partial charge in [0.15, 0.2) is 5.96 Å². The van der Waals surface area contributed by atoms with Gasteiger partial charge in [-0.2, -0.15) is 0 Å². The Balaban J connectivity index is 0.00000300. The molecule has 3 heterocycles. The van der Waals surface area contributed by atoms with Crippen molar-refractivity contribution in [1.82, 2.24) is 24.7 Å². The summed E-state index contributed by atoms with van der Waals surface area (Å²) in [5.74, 6) is 1.95. The minimum absolute atomic E-state index is 0. The van der Waals surface area contributed by atoms with Crippen molar-refractivity contribution in [3.8, 4) is 0 Å². The summed E-state index contributed by atoms with van der Waals surface area (Å²) >= 11 is 0. The van der Waals surface area contributed by atoms with Gasteiger partial charge in [-0.05, 0) is 38.5 Å². The van der Waals surface area contributed by atoms with Crippen molar-refractivity contribution in [1.29, 1.82) is 0 Å². The molecule has 3 rings (SSSR count). The molecule has 2 saturated heterocycles.